The second-order valence-corrected chi connectivity index (χ2v) is 7.83. The van der Waals surface area contributed by atoms with Gasteiger partial charge < -0.3 is 4.57 Å². The van der Waals surface area contributed by atoms with Crippen LogP contribution in [0, 0.1) is 5.82 Å². The topological polar surface area (TPSA) is 21.1 Å². The number of rotatable bonds is 4. The molecule has 0 saturated carbocycles. The number of pyridine rings is 1. The Kier molecular flexibility index (Phi) is 4.86. The highest BCUT2D eigenvalue weighted by Gasteiger charge is 2.22. The number of benzene rings is 2. The fraction of sp³-hybridized carbons (Fsp3) is 0.240. The van der Waals surface area contributed by atoms with E-state index in [9.17, 15) is 4.39 Å². The van der Waals surface area contributed by atoms with Crippen molar-refractivity contribution in [1.82, 2.24) is 14.5 Å². The predicted octanol–water partition coefficient (Wildman–Crippen LogP) is 5.17. The van der Waals surface area contributed by atoms with Crippen molar-refractivity contribution in [3.63, 3.8) is 0 Å². The van der Waals surface area contributed by atoms with Gasteiger partial charge in [0.15, 0.2) is 0 Å². The minimum absolute atomic E-state index is 0.176. The quantitative estimate of drug-likeness (QED) is 0.483. The number of hydrogen-bond donors (Lipinski definition) is 0. The van der Waals surface area contributed by atoms with Gasteiger partial charge in [-0.1, -0.05) is 36.4 Å². The van der Waals surface area contributed by atoms with E-state index in [-0.39, 0.29) is 5.82 Å². The molecule has 3 heterocycles. The number of hydrogen-bond acceptors (Lipinski definition) is 2. The Morgan fingerprint density at radius 1 is 0.897 bits per heavy atom. The van der Waals surface area contributed by atoms with Gasteiger partial charge in [-0.25, -0.2) is 4.39 Å². The molecule has 4 heteroatoms. The molecule has 5 rings (SSSR count). The molecular formula is C25H24FN3. The summed E-state index contributed by atoms with van der Waals surface area (Å²) in [6.45, 7) is 3.67. The summed E-state index contributed by atoms with van der Waals surface area (Å²) in [5.74, 6) is -0.176. The molecule has 0 amide bonds. The molecule has 0 aliphatic carbocycles. The summed E-state index contributed by atoms with van der Waals surface area (Å²) in [4.78, 5) is 6.78. The van der Waals surface area contributed by atoms with E-state index in [1.165, 1.54) is 27.7 Å². The van der Waals surface area contributed by atoms with E-state index in [1.807, 2.05) is 30.6 Å². The van der Waals surface area contributed by atoms with E-state index in [1.54, 1.807) is 12.1 Å². The SMILES string of the molecule is Fc1ccc(CN2CCCc3c(c4ccccc4n3Cc3cccnc3)C2)cc1. The second kappa shape index (κ2) is 7.80. The lowest BCUT2D eigenvalue weighted by Gasteiger charge is -2.20. The molecule has 0 spiro atoms. The normalized spacial score (nSPS) is 14.7. The second-order valence-electron chi connectivity index (χ2n) is 7.83. The summed E-state index contributed by atoms with van der Waals surface area (Å²) >= 11 is 0. The Balaban J connectivity index is 1.50. The minimum atomic E-state index is -0.176. The number of nitrogens with zero attached hydrogens (tertiary/aromatic N) is 3. The van der Waals surface area contributed by atoms with Gasteiger partial charge in [-0.2, -0.15) is 0 Å². The standard InChI is InChI=1S/C25H24FN3/c26-21-11-9-19(10-12-21)16-28-14-4-8-25-23(18-28)22-6-1-2-7-24(22)29(25)17-20-5-3-13-27-15-20/h1-3,5-7,9-13,15H,4,8,14,16-18H2. The minimum Gasteiger partial charge on any atom is -0.340 e. The van der Waals surface area contributed by atoms with Gasteiger partial charge in [-0.15, -0.1) is 0 Å². The molecule has 3 nitrogen and oxygen atoms in total. The predicted molar refractivity (Wildman–Crippen MR) is 114 cm³/mol. The highest BCUT2D eigenvalue weighted by Crippen LogP contribution is 2.31. The van der Waals surface area contributed by atoms with Gasteiger partial charge in [0.05, 0.1) is 0 Å². The Morgan fingerprint density at radius 2 is 1.76 bits per heavy atom. The van der Waals surface area contributed by atoms with Crippen molar-refractivity contribution >= 4 is 10.9 Å². The molecule has 0 radical (unpaired) electrons. The number of fused-ring (bicyclic) bond motifs is 3. The molecule has 2 aromatic heterocycles. The molecule has 0 atom stereocenters. The van der Waals surface area contributed by atoms with Crippen LogP contribution < -0.4 is 0 Å². The van der Waals surface area contributed by atoms with Crippen LogP contribution in [0.15, 0.2) is 73.1 Å². The van der Waals surface area contributed by atoms with Gasteiger partial charge in [0.25, 0.3) is 0 Å². The van der Waals surface area contributed by atoms with Crippen LogP contribution >= 0.6 is 0 Å². The smallest absolute Gasteiger partial charge is 0.123 e. The summed E-state index contributed by atoms with van der Waals surface area (Å²) in [6.07, 6.45) is 5.98. The zero-order valence-electron chi connectivity index (χ0n) is 16.4. The molecule has 146 valence electrons. The van der Waals surface area contributed by atoms with E-state index >= 15 is 0 Å². The van der Waals surface area contributed by atoms with Crippen LogP contribution in [0.5, 0.6) is 0 Å². The van der Waals surface area contributed by atoms with Crippen molar-refractivity contribution in [3.8, 4) is 0 Å². The zero-order valence-corrected chi connectivity index (χ0v) is 16.4. The molecule has 0 bridgehead atoms. The number of halogens is 1. The molecule has 0 saturated heterocycles. The molecule has 1 aliphatic heterocycles. The van der Waals surface area contributed by atoms with Crippen LogP contribution in [0.25, 0.3) is 10.9 Å². The average Bonchev–Trinajstić information content (AvgIpc) is 2.89. The lowest BCUT2D eigenvalue weighted by molar-refractivity contribution is 0.262. The molecule has 0 unspecified atom stereocenters. The van der Waals surface area contributed by atoms with Gasteiger partial charge in [0.1, 0.15) is 5.82 Å². The summed E-state index contributed by atoms with van der Waals surface area (Å²) in [6, 6.07) is 19.8. The molecule has 2 aromatic carbocycles. The number of aromatic nitrogens is 2. The van der Waals surface area contributed by atoms with Gasteiger partial charge in [0.2, 0.25) is 0 Å². The fourth-order valence-corrected chi connectivity index (χ4v) is 4.50. The maximum Gasteiger partial charge on any atom is 0.123 e. The van der Waals surface area contributed by atoms with Crippen molar-refractivity contribution in [1.29, 1.82) is 0 Å². The van der Waals surface area contributed by atoms with Crippen molar-refractivity contribution in [2.75, 3.05) is 6.54 Å². The first-order valence-electron chi connectivity index (χ1n) is 10.2. The third kappa shape index (κ3) is 3.68. The van der Waals surface area contributed by atoms with Crippen LogP contribution in [-0.4, -0.2) is 21.0 Å². The fourth-order valence-electron chi connectivity index (χ4n) is 4.50. The third-order valence-corrected chi connectivity index (χ3v) is 5.85. The van der Waals surface area contributed by atoms with Gasteiger partial charge in [0, 0.05) is 48.6 Å². The van der Waals surface area contributed by atoms with E-state index in [0.717, 1.165) is 44.6 Å². The highest BCUT2D eigenvalue weighted by molar-refractivity contribution is 5.85. The summed E-state index contributed by atoms with van der Waals surface area (Å²) in [5.41, 5.74) is 6.56. The van der Waals surface area contributed by atoms with E-state index in [2.05, 4.69) is 44.8 Å². The van der Waals surface area contributed by atoms with Gasteiger partial charge >= 0.3 is 0 Å². The Labute approximate surface area is 170 Å². The maximum absolute atomic E-state index is 13.3. The first-order chi connectivity index (χ1) is 14.3. The van der Waals surface area contributed by atoms with Gasteiger partial charge in [-0.05, 0) is 60.3 Å². The Morgan fingerprint density at radius 3 is 2.59 bits per heavy atom. The maximum atomic E-state index is 13.3. The van der Waals surface area contributed by atoms with Gasteiger partial charge in [-0.3, -0.25) is 9.88 Å². The van der Waals surface area contributed by atoms with Crippen molar-refractivity contribution < 1.29 is 4.39 Å². The van der Waals surface area contributed by atoms with Crippen molar-refractivity contribution in [3.05, 3.63) is 101 Å². The van der Waals surface area contributed by atoms with Crippen LogP contribution in [0.4, 0.5) is 4.39 Å². The summed E-state index contributed by atoms with van der Waals surface area (Å²) in [5, 5.41) is 1.34. The van der Waals surface area contributed by atoms with Crippen LogP contribution in [0.3, 0.4) is 0 Å². The molecule has 1 aliphatic rings. The van der Waals surface area contributed by atoms with Crippen molar-refractivity contribution in [2.24, 2.45) is 0 Å². The third-order valence-electron chi connectivity index (χ3n) is 5.85. The molecule has 4 aromatic rings. The summed E-state index contributed by atoms with van der Waals surface area (Å²) in [7, 11) is 0. The number of para-hydroxylation sites is 1. The first-order valence-corrected chi connectivity index (χ1v) is 10.2. The lowest BCUT2D eigenvalue weighted by atomic mass is 10.1. The molecule has 0 fully saturated rings. The highest BCUT2D eigenvalue weighted by atomic mass is 19.1. The molecular weight excluding hydrogens is 361 g/mol. The summed E-state index contributed by atoms with van der Waals surface area (Å²) < 4.78 is 15.7. The average molecular weight is 385 g/mol. The van der Waals surface area contributed by atoms with Crippen LogP contribution in [-0.2, 0) is 26.1 Å². The van der Waals surface area contributed by atoms with Crippen LogP contribution in [0.1, 0.15) is 28.8 Å². The largest absolute Gasteiger partial charge is 0.340 e. The zero-order chi connectivity index (χ0) is 19.6. The van der Waals surface area contributed by atoms with E-state index in [0.29, 0.717) is 0 Å². The molecule has 29 heavy (non-hydrogen) atoms. The van der Waals surface area contributed by atoms with Crippen LogP contribution in [0.2, 0.25) is 0 Å². The van der Waals surface area contributed by atoms with Crippen molar-refractivity contribution in [2.45, 2.75) is 32.5 Å². The monoisotopic (exact) mass is 385 g/mol. The lowest BCUT2D eigenvalue weighted by Crippen LogP contribution is -2.22. The Hall–Kier alpha value is -2.98. The van der Waals surface area contributed by atoms with E-state index in [4.69, 9.17) is 0 Å². The Bertz CT molecular complexity index is 1120. The molecule has 0 N–H and O–H groups in total. The first kappa shape index (κ1) is 18.1. The van der Waals surface area contributed by atoms with E-state index < -0.39 is 0 Å².